The lowest BCUT2D eigenvalue weighted by Gasteiger charge is -2.14. The summed E-state index contributed by atoms with van der Waals surface area (Å²) in [5.74, 6) is 0. The van der Waals surface area contributed by atoms with Crippen molar-refractivity contribution in [2.45, 2.75) is 46.1 Å². The predicted molar refractivity (Wildman–Crippen MR) is 65.4 cm³/mol. The van der Waals surface area contributed by atoms with Crippen LogP contribution in [0.1, 0.15) is 44.7 Å². The number of aromatic nitrogens is 2. The maximum Gasteiger partial charge on any atom is 0.0750 e. The molecular formula is C12H24N2O2. The van der Waals surface area contributed by atoms with Crippen LogP contribution in [0.5, 0.6) is 0 Å². The Morgan fingerprint density at radius 2 is 2.00 bits per heavy atom. The average molecular weight is 228 g/mol. The second-order valence-electron chi connectivity index (χ2n) is 3.55. The fraction of sp³-hybridized carbons (Fsp3) is 0.750. The zero-order valence-electron chi connectivity index (χ0n) is 10.6. The minimum atomic E-state index is 0.0512. The van der Waals surface area contributed by atoms with Gasteiger partial charge in [0.05, 0.1) is 18.8 Å². The largest absolute Gasteiger partial charge is 0.396 e. The highest BCUT2D eigenvalue weighted by molar-refractivity contribution is 5.00. The van der Waals surface area contributed by atoms with E-state index in [0.717, 1.165) is 24.8 Å². The van der Waals surface area contributed by atoms with E-state index in [2.05, 4.69) is 5.10 Å². The van der Waals surface area contributed by atoms with Gasteiger partial charge in [-0.3, -0.25) is 4.68 Å². The van der Waals surface area contributed by atoms with Gasteiger partial charge in [0, 0.05) is 12.8 Å². The molecule has 1 heterocycles. The van der Waals surface area contributed by atoms with Gasteiger partial charge in [-0.15, -0.1) is 0 Å². The summed E-state index contributed by atoms with van der Waals surface area (Å²) in [6, 6.07) is 0.0512. The summed E-state index contributed by atoms with van der Waals surface area (Å²) in [5.41, 5.74) is 1.10. The van der Waals surface area contributed by atoms with Crippen molar-refractivity contribution < 1.29 is 10.2 Å². The van der Waals surface area contributed by atoms with E-state index >= 15 is 0 Å². The maximum absolute atomic E-state index is 9.16. The molecule has 1 rings (SSSR count). The highest BCUT2D eigenvalue weighted by atomic mass is 16.3. The van der Waals surface area contributed by atoms with E-state index in [-0.39, 0.29) is 19.3 Å². The van der Waals surface area contributed by atoms with Crippen LogP contribution in [0, 0.1) is 6.92 Å². The summed E-state index contributed by atoms with van der Waals surface area (Å²) in [5, 5.41) is 22.0. The van der Waals surface area contributed by atoms with Gasteiger partial charge in [0.1, 0.15) is 0 Å². The molecule has 0 saturated carbocycles. The molecular weight excluding hydrogens is 204 g/mol. The lowest BCUT2D eigenvalue weighted by molar-refractivity contribution is 0.202. The highest BCUT2D eigenvalue weighted by Crippen LogP contribution is 2.13. The summed E-state index contributed by atoms with van der Waals surface area (Å²) in [7, 11) is 0. The molecule has 0 amide bonds. The van der Waals surface area contributed by atoms with Crippen LogP contribution in [0.3, 0.4) is 0 Å². The molecule has 0 saturated heterocycles. The standard InChI is InChI=1S/C10H18N2O2.C2H6/c1-9-6-11-12(7-9)10(8-14)4-2-3-5-13;1-2/h6-7,10,13-14H,2-5,8H2,1H3;1-2H3. The first kappa shape index (κ1) is 15.1. The SMILES string of the molecule is CC.Cc1cnn(C(CO)CCCCO)c1. The Balaban J connectivity index is 0.00000106. The third kappa shape index (κ3) is 5.28. The minimum Gasteiger partial charge on any atom is -0.396 e. The molecule has 94 valence electrons. The molecule has 4 heteroatoms. The molecule has 0 radical (unpaired) electrons. The van der Waals surface area contributed by atoms with E-state index in [4.69, 9.17) is 10.2 Å². The average Bonchev–Trinajstić information content (AvgIpc) is 2.74. The smallest absolute Gasteiger partial charge is 0.0750 e. The highest BCUT2D eigenvalue weighted by Gasteiger charge is 2.09. The van der Waals surface area contributed by atoms with E-state index < -0.39 is 0 Å². The molecule has 1 unspecified atom stereocenters. The van der Waals surface area contributed by atoms with E-state index in [1.54, 1.807) is 10.9 Å². The zero-order valence-corrected chi connectivity index (χ0v) is 10.6. The number of nitrogens with zero attached hydrogens (tertiary/aromatic N) is 2. The lowest BCUT2D eigenvalue weighted by atomic mass is 10.1. The van der Waals surface area contributed by atoms with Crippen molar-refractivity contribution in [2.24, 2.45) is 0 Å². The van der Waals surface area contributed by atoms with Crippen LogP contribution < -0.4 is 0 Å². The first-order valence-electron chi connectivity index (χ1n) is 6.00. The van der Waals surface area contributed by atoms with Crippen molar-refractivity contribution in [1.29, 1.82) is 0 Å². The third-order valence-corrected chi connectivity index (χ3v) is 2.26. The van der Waals surface area contributed by atoms with Gasteiger partial charge < -0.3 is 10.2 Å². The molecule has 1 aromatic heterocycles. The second kappa shape index (κ2) is 9.36. The maximum atomic E-state index is 9.16. The van der Waals surface area contributed by atoms with E-state index in [9.17, 15) is 0 Å². The fourth-order valence-corrected chi connectivity index (χ4v) is 1.43. The van der Waals surface area contributed by atoms with E-state index in [1.807, 2.05) is 27.0 Å². The molecule has 0 spiro atoms. The monoisotopic (exact) mass is 228 g/mol. The van der Waals surface area contributed by atoms with Crippen molar-refractivity contribution in [2.75, 3.05) is 13.2 Å². The molecule has 16 heavy (non-hydrogen) atoms. The fourth-order valence-electron chi connectivity index (χ4n) is 1.43. The van der Waals surface area contributed by atoms with Crippen LogP contribution in [-0.4, -0.2) is 33.2 Å². The van der Waals surface area contributed by atoms with E-state index in [1.165, 1.54) is 0 Å². The van der Waals surface area contributed by atoms with Crippen LogP contribution >= 0.6 is 0 Å². The lowest BCUT2D eigenvalue weighted by Crippen LogP contribution is -2.13. The molecule has 0 aromatic carbocycles. The molecule has 4 nitrogen and oxygen atoms in total. The van der Waals surface area contributed by atoms with Crippen molar-refractivity contribution in [3.63, 3.8) is 0 Å². The van der Waals surface area contributed by atoms with Gasteiger partial charge in [-0.1, -0.05) is 13.8 Å². The summed E-state index contributed by atoms with van der Waals surface area (Å²) in [4.78, 5) is 0. The molecule has 2 N–H and O–H groups in total. The molecule has 0 aliphatic rings. The number of hydrogen-bond acceptors (Lipinski definition) is 3. The molecule has 1 atom stereocenters. The van der Waals surface area contributed by atoms with Crippen molar-refractivity contribution in [3.05, 3.63) is 18.0 Å². The minimum absolute atomic E-state index is 0.0512. The first-order valence-corrected chi connectivity index (χ1v) is 6.00. The first-order chi connectivity index (χ1) is 7.77. The van der Waals surface area contributed by atoms with Gasteiger partial charge in [0.25, 0.3) is 0 Å². The van der Waals surface area contributed by atoms with Gasteiger partial charge in [-0.05, 0) is 31.7 Å². The van der Waals surface area contributed by atoms with Crippen LogP contribution in [0.25, 0.3) is 0 Å². The quantitative estimate of drug-likeness (QED) is 0.731. The Morgan fingerprint density at radius 3 is 2.44 bits per heavy atom. The Kier molecular flexibility index (Phi) is 8.85. The third-order valence-electron chi connectivity index (χ3n) is 2.26. The summed E-state index contributed by atoms with van der Waals surface area (Å²) in [6.45, 7) is 6.30. The second-order valence-corrected chi connectivity index (χ2v) is 3.55. The van der Waals surface area contributed by atoms with Crippen LogP contribution in [0.4, 0.5) is 0 Å². The molecule has 0 bridgehead atoms. The normalized spacial score (nSPS) is 11.8. The number of unbranched alkanes of at least 4 members (excludes halogenated alkanes) is 1. The Hall–Kier alpha value is -0.870. The van der Waals surface area contributed by atoms with Gasteiger partial charge >= 0.3 is 0 Å². The van der Waals surface area contributed by atoms with Crippen LogP contribution in [0.15, 0.2) is 12.4 Å². The number of aryl methyl sites for hydroxylation is 1. The summed E-state index contributed by atoms with van der Waals surface area (Å²) < 4.78 is 1.80. The Morgan fingerprint density at radius 1 is 1.31 bits per heavy atom. The summed E-state index contributed by atoms with van der Waals surface area (Å²) in [6.07, 6.45) is 6.28. The Labute approximate surface area is 97.9 Å². The Bertz CT molecular complexity index is 261. The topological polar surface area (TPSA) is 58.3 Å². The van der Waals surface area contributed by atoms with Gasteiger partial charge in [0.15, 0.2) is 0 Å². The van der Waals surface area contributed by atoms with Crippen molar-refractivity contribution in [1.82, 2.24) is 9.78 Å². The number of aliphatic hydroxyl groups is 2. The number of hydrogen-bond donors (Lipinski definition) is 2. The molecule has 0 aliphatic heterocycles. The van der Waals surface area contributed by atoms with Gasteiger partial charge in [-0.2, -0.15) is 5.10 Å². The predicted octanol–water partition coefficient (Wildman–Crippen LogP) is 1.91. The van der Waals surface area contributed by atoms with Gasteiger partial charge in [0.2, 0.25) is 0 Å². The number of aliphatic hydroxyl groups excluding tert-OH is 2. The summed E-state index contributed by atoms with van der Waals surface area (Å²) >= 11 is 0. The molecule has 0 aliphatic carbocycles. The molecule has 0 fully saturated rings. The zero-order chi connectivity index (χ0) is 12.4. The van der Waals surface area contributed by atoms with Crippen molar-refractivity contribution in [3.8, 4) is 0 Å². The molecule has 1 aromatic rings. The van der Waals surface area contributed by atoms with Gasteiger partial charge in [-0.25, -0.2) is 0 Å². The van der Waals surface area contributed by atoms with Crippen molar-refractivity contribution >= 4 is 0 Å². The number of rotatable bonds is 6. The van der Waals surface area contributed by atoms with Crippen LogP contribution in [-0.2, 0) is 0 Å². The van der Waals surface area contributed by atoms with E-state index in [0.29, 0.717) is 0 Å². The van der Waals surface area contributed by atoms with Crippen LogP contribution in [0.2, 0.25) is 0 Å².